The zero-order chi connectivity index (χ0) is 19.7. The normalized spacial score (nSPS) is 13.5. The predicted octanol–water partition coefficient (Wildman–Crippen LogP) is 4.67. The van der Waals surface area contributed by atoms with Crippen molar-refractivity contribution in [1.29, 1.82) is 0 Å². The molecule has 0 aliphatic carbocycles. The number of hydrogen-bond donors (Lipinski definition) is 1. The molecule has 26 heavy (non-hydrogen) atoms. The lowest BCUT2D eigenvalue weighted by atomic mass is 9.90. The maximum atomic E-state index is 13.0. The van der Waals surface area contributed by atoms with Crippen LogP contribution in [0.1, 0.15) is 28.2 Å². The molecule has 1 atom stereocenters. The predicted molar refractivity (Wildman–Crippen MR) is 78.5 cm³/mol. The Morgan fingerprint density at radius 2 is 1.35 bits per heavy atom. The van der Waals surface area contributed by atoms with E-state index in [0.29, 0.717) is 12.1 Å². The smallest absolute Gasteiger partial charge is 0.369 e. The van der Waals surface area contributed by atoms with Crippen LogP contribution in [0, 0.1) is 5.82 Å². The molecule has 0 bridgehead atoms. The highest BCUT2D eigenvalue weighted by Gasteiger charge is 2.37. The number of hydrogen-bond acceptors (Lipinski definition) is 1. The van der Waals surface area contributed by atoms with Crippen LogP contribution in [0.3, 0.4) is 0 Å². The number of benzene rings is 2. The second-order valence-corrected chi connectivity index (χ2v) is 5.62. The molecular formula is C17H12F7NO. The van der Waals surface area contributed by atoms with Crippen molar-refractivity contribution >= 4 is 5.91 Å². The minimum atomic E-state index is -4.99. The van der Waals surface area contributed by atoms with Gasteiger partial charge in [0.15, 0.2) is 0 Å². The molecule has 1 unspecified atom stereocenters. The van der Waals surface area contributed by atoms with Crippen molar-refractivity contribution in [3.8, 4) is 0 Å². The molecule has 9 heteroatoms. The van der Waals surface area contributed by atoms with E-state index in [0.717, 1.165) is 12.1 Å². The summed E-state index contributed by atoms with van der Waals surface area (Å²) in [5.74, 6) is -2.78. The molecule has 2 N–H and O–H groups in total. The van der Waals surface area contributed by atoms with Gasteiger partial charge in [-0.05, 0) is 47.9 Å². The van der Waals surface area contributed by atoms with E-state index in [1.807, 2.05) is 0 Å². The summed E-state index contributed by atoms with van der Waals surface area (Å²) in [6.45, 7) is 0. The van der Waals surface area contributed by atoms with Gasteiger partial charge in [-0.15, -0.1) is 0 Å². The minimum Gasteiger partial charge on any atom is -0.369 e. The van der Waals surface area contributed by atoms with Crippen LogP contribution in [-0.2, 0) is 23.6 Å². The van der Waals surface area contributed by atoms with Gasteiger partial charge in [-0.1, -0.05) is 12.1 Å². The van der Waals surface area contributed by atoms with Gasteiger partial charge in [0, 0.05) is 0 Å². The van der Waals surface area contributed by atoms with Crippen molar-refractivity contribution in [2.45, 2.75) is 24.7 Å². The quantitative estimate of drug-likeness (QED) is 0.771. The fourth-order valence-electron chi connectivity index (χ4n) is 2.45. The molecule has 0 saturated carbocycles. The van der Waals surface area contributed by atoms with Gasteiger partial charge in [0.1, 0.15) is 5.82 Å². The molecule has 0 aliphatic heterocycles. The molecule has 0 aliphatic rings. The van der Waals surface area contributed by atoms with Crippen molar-refractivity contribution in [3.63, 3.8) is 0 Å². The average molecular weight is 379 g/mol. The SMILES string of the molecule is NC(=O)C(Cc1cc(C(F)(F)F)cc(C(F)(F)F)c1)c1ccc(F)cc1. The van der Waals surface area contributed by atoms with E-state index in [-0.39, 0.29) is 17.2 Å². The number of primary amides is 1. The Morgan fingerprint density at radius 1 is 0.885 bits per heavy atom. The average Bonchev–Trinajstić information content (AvgIpc) is 2.51. The van der Waals surface area contributed by atoms with E-state index in [9.17, 15) is 35.5 Å². The highest BCUT2D eigenvalue weighted by Crippen LogP contribution is 2.37. The Labute approximate surface area is 143 Å². The fourth-order valence-corrected chi connectivity index (χ4v) is 2.45. The zero-order valence-corrected chi connectivity index (χ0v) is 13.0. The molecular weight excluding hydrogens is 367 g/mol. The summed E-state index contributed by atoms with van der Waals surface area (Å²) >= 11 is 0. The first kappa shape index (κ1) is 19.7. The van der Waals surface area contributed by atoms with E-state index in [1.165, 1.54) is 12.1 Å². The Kier molecular flexibility index (Phi) is 5.29. The van der Waals surface area contributed by atoms with Crippen molar-refractivity contribution < 1.29 is 35.5 Å². The van der Waals surface area contributed by atoms with Crippen LogP contribution in [0.5, 0.6) is 0 Å². The Morgan fingerprint density at radius 3 is 1.73 bits per heavy atom. The van der Waals surface area contributed by atoms with Crippen LogP contribution in [0.2, 0.25) is 0 Å². The van der Waals surface area contributed by atoms with Gasteiger partial charge < -0.3 is 5.73 Å². The van der Waals surface area contributed by atoms with Crippen LogP contribution < -0.4 is 5.73 Å². The Hall–Kier alpha value is -2.58. The van der Waals surface area contributed by atoms with Crippen molar-refractivity contribution in [3.05, 3.63) is 70.5 Å². The molecule has 1 amide bonds. The summed E-state index contributed by atoms with van der Waals surface area (Å²) in [6, 6.07) is 5.49. The highest BCUT2D eigenvalue weighted by atomic mass is 19.4. The second kappa shape index (κ2) is 6.97. The Bertz CT molecular complexity index is 762. The van der Waals surface area contributed by atoms with Crippen molar-refractivity contribution in [2.75, 3.05) is 0 Å². The van der Waals surface area contributed by atoms with Crippen LogP contribution in [0.25, 0.3) is 0 Å². The van der Waals surface area contributed by atoms with Gasteiger partial charge in [0.25, 0.3) is 0 Å². The lowest BCUT2D eigenvalue weighted by Crippen LogP contribution is -2.23. The number of amides is 1. The molecule has 0 saturated heterocycles. The lowest BCUT2D eigenvalue weighted by molar-refractivity contribution is -0.143. The first-order valence-electron chi connectivity index (χ1n) is 7.21. The largest absolute Gasteiger partial charge is 0.416 e. The fraction of sp³-hybridized carbons (Fsp3) is 0.235. The molecule has 0 radical (unpaired) electrons. The van der Waals surface area contributed by atoms with Crippen molar-refractivity contribution in [2.24, 2.45) is 5.73 Å². The first-order valence-corrected chi connectivity index (χ1v) is 7.21. The van der Waals surface area contributed by atoms with Crippen LogP contribution in [0.4, 0.5) is 30.7 Å². The third kappa shape index (κ3) is 4.74. The van der Waals surface area contributed by atoms with Crippen LogP contribution >= 0.6 is 0 Å². The molecule has 2 aromatic carbocycles. The summed E-state index contributed by atoms with van der Waals surface area (Å²) in [5, 5.41) is 0. The van der Waals surface area contributed by atoms with Gasteiger partial charge in [-0.2, -0.15) is 26.3 Å². The topological polar surface area (TPSA) is 43.1 Å². The van der Waals surface area contributed by atoms with Gasteiger partial charge >= 0.3 is 12.4 Å². The number of carbonyl (C=O) groups excluding carboxylic acids is 1. The van der Waals surface area contributed by atoms with E-state index in [4.69, 9.17) is 5.73 Å². The zero-order valence-electron chi connectivity index (χ0n) is 13.0. The van der Waals surface area contributed by atoms with Gasteiger partial charge in [-0.25, -0.2) is 4.39 Å². The summed E-state index contributed by atoms with van der Waals surface area (Å²) in [7, 11) is 0. The first-order chi connectivity index (χ1) is 11.9. The van der Waals surface area contributed by atoms with Crippen LogP contribution in [-0.4, -0.2) is 5.91 Å². The van der Waals surface area contributed by atoms with Gasteiger partial charge in [-0.3, -0.25) is 4.79 Å². The molecule has 0 heterocycles. The highest BCUT2D eigenvalue weighted by molar-refractivity contribution is 5.82. The molecule has 2 aromatic rings. The van der Waals surface area contributed by atoms with E-state index >= 15 is 0 Å². The van der Waals surface area contributed by atoms with Crippen molar-refractivity contribution in [1.82, 2.24) is 0 Å². The Balaban J connectivity index is 2.48. The number of halogens is 7. The second-order valence-electron chi connectivity index (χ2n) is 5.62. The summed E-state index contributed by atoms with van der Waals surface area (Å²) in [5.41, 5.74) is 2.09. The monoisotopic (exact) mass is 379 g/mol. The molecule has 2 rings (SSSR count). The maximum absolute atomic E-state index is 13.0. The number of carbonyl (C=O) groups is 1. The summed E-state index contributed by atoms with van der Waals surface area (Å²) in [6.07, 6.45) is -10.5. The van der Waals surface area contributed by atoms with Gasteiger partial charge in [0.2, 0.25) is 5.91 Å². The lowest BCUT2D eigenvalue weighted by Gasteiger charge is -2.17. The molecule has 140 valence electrons. The van der Waals surface area contributed by atoms with E-state index in [1.54, 1.807) is 0 Å². The number of alkyl halides is 6. The van der Waals surface area contributed by atoms with E-state index in [2.05, 4.69) is 0 Å². The third-order valence-electron chi connectivity index (χ3n) is 3.70. The number of nitrogens with two attached hydrogens (primary N) is 1. The van der Waals surface area contributed by atoms with Gasteiger partial charge in [0.05, 0.1) is 17.0 Å². The summed E-state index contributed by atoms with van der Waals surface area (Å²) in [4.78, 5) is 11.6. The number of rotatable bonds is 4. The van der Waals surface area contributed by atoms with E-state index < -0.39 is 47.5 Å². The third-order valence-corrected chi connectivity index (χ3v) is 3.70. The minimum absolute atomic E-state index is 0.000662. The molecule has 2 nitrogen and oxygen atoms in total. The molecule has 0 fully saturated rings. The molecule has 0 aromatic heterocycles. The standard InChI is InChI=1S/C17H12F7NO/c18-13-3-1-10(2-4-13)14(15(25)26)7-9-5-11(16(19,20)21)8-12(6-9)17(22,23)24/h1-6,8,14H,7H2,(H2,25,26). The maximum Gasteiger partial charge on any atom is 0.416 e. The molecule has 0 spiro atoms. The summed E-state index contributed by atoms with van der Waals surface area (Å²) < 4.78 is 90.4. The van der Waals surface area contributed by atoms with Crippen LogP contribution in [0.15, 0.2) is 42.5 Å².